The van der Waals surface area contributed by atoms with E-state index in [1.807, 2.05) is 24.3 Å². The Morgan fingerprint density at radius 2 is 0.872 bits per heavy atom. The molecule has 0 atom stereocenters. The van der Waals surface area contributed by atoms with Gasteiger partial charge in [0.25, 0.3) is 0 Å². The lowest BCUT2D eigenvalue weighted by Gasteiger charge is -2.37. The number of ether oxygens (including phenoxy) is 1. The minimum Gasteiger partial charge on any atom is -0.452 e. The fraction of sp³-hybridized carbons (Fsp3) is 0.0769. The maximum Gasteiger partial charge on any atom is 0.325 e. The first-order valence-electron chi connectivity index (χ1n) is 15.5. The topological polar surface area (TPSA) is 70.0 Å². The van der Waals surface area contributed by atoms with E-state index in [0.29, 0.717) is 13.0 Å². The number of para-hydroxylation sites is 2. The number of benzene rings is 6. The summed E-state index contributed by atoms with van der Waals surface area (Å²) in [6.45, 7) is 0.435. The van der Waals surface area contributed by atoms with Gasteiger partial charge in [-0.15, -0.1) is 0 Å². The zero-order valence-corrected chi connectivity index (χ0v) is 28.3. The van der Waals surface area contributed by atoms with Crippen LogP contribution >= 0.6 is 23.4 Å². The van der Waals surface area contributed by atoms with Gasteiger partial charge < -0.3 is 19.4 Å². The van der Waals surface area contributed by atoms with Gasteiger partial charge in [0.05, 0.1) is 17.5 Å². The maximum atomic E-state index is 11.9. The van der Waals surface area contributed by atoms with E-state index in [1.54, 1.807) is 0 Å². The number of nitrogens with zero attached hydrogens (tertiary/aromatic N) is 1. The Morgan fingerprint density at radius 1 is 0.511 bits per heavy atom. The lowest BCUT2D eigenvalue weighted by Crippen LogP contribution is -2.31. The Hall–Kier alpha value is -4.07. The third-order valence-electron chi connectivity index (χ3n) is 8.10. The van der Waals surface area contributed by atoms with E-state index in [4.69, 9.17) is 4.74 Å². The van der Waals surface area contributed by atoms with Gasteiger partial charge in [-0.05, 0) is 67.7 Å². The van der Waals surface area contributed by atoms with Crippen molar-refractivity contribution in [3.63, 3.8) is 0 Å². The monoisotopic (exact) mass is 673 g/mol. The molecule has 0 aliphatic carbocycles. The second-order valence-electron chi connectivity index (χ2n) is 11.3. The van der Waals surface area contributed by atoms with Gasteiger partial charge in [-0.2, -0.15) is 0 Å². The van der Waals surface area contributed by atoms with E-state index in [0.717, 1.165) is 33.5 Å². The molecule has 0 amide bonds. The second kappa shape index (κ2) is 14.0. The molecule has 0 aromatic heterocycles. The van der Waals surface area contributed by atoms with E-state index in [9.17, 15) is 14.4 Å². The number of hydrogen-bond donors (Lipinski definition) is 2. The highest BCUT2D eigenvalue weighted by Gasteiger charge is 2.33. The van der Waals surface area contributed by atoms with E-state index in [1.165, 1.54) is 21.2 Å². The van der Waals surface area contributed by atoms with Gasteiger partial charge in [-0.3, -0.25) is 4.57 Å². The van der Waals surface area contributed by atoms with Crippen LogP contribution in [0.1, 0.15) is 6.42 Å². The van der Waals surface area contributed by atoms with Crippen molar-refractivity contribution in [1.82, 2.24) is 0 Å². The molecule has 0 saturated heterocycles. The number of anilines is 2. The molecule has 0 bridgehead atoms. The number of fused-ring (bicyclic) bond motifs is 2. The Kier molecular flexibility index (Phi) is 9.37. The summed E-state index contributed by atoms with van der Waals surface area (Å²) in [5.41, 5.74) is 1.81. The predicted molar refractivity (Wildman–Crippen MR) is 199 cm³/mol. The molecule has 234 valence electrons. The van der Waals surface area contributed by atoms with Crippen LogP contribution in [-0.2, 0) is 4.57 Å². The van der Waals surface area contributed by atoms with E-state index in [2.05, 4.69) is 138 Å². The molecular formula is C39H34NO4P3. The van der Waals surface area contributed by atoms with Crippen LogP contribution in [0.15, 0.2) is 158 Å². The minimum atomic E-state index is -4.16. The van der Waals surface area contributed by atoms with Crippen molar-refractivity contribution in [3.05, 3.63) is 158 Å². The summed E-state index contributed by atoms with van der Waals surface area (Å²) in [5, 5.41) is 7.06. The minimum absolute atomic E-state index is 0.185. The van der Waals surface area contributed by atoms with Crippen LogP contribution < -0.4 is 41.5 Å². The molecule has 5 nitrogen and oxygen atoms in total. The lowest BCUT2D eigenvalue weighted by molar-refractivity contribution is 0.372. The Labute approximate surface area is 278 Å². The van der Waals surface area contributed by atoms with Crippen LogP contribution in [-0.4, -0.2) is 22.5 Å². The molecule has 47 heavy (non-hydrogen) atoms. The molecule has 1 aliphatic rings. The summed E-state index contributed by atoms with van der Waals surface area (Å²) >= 11 is 0. The maximum absolute atomic E-state index is 11.9. The Morgan fingerprint density at radius 3 is 1.21 bits per heavy atom. The van der Waals surface area contributed by atoms with Crippen molar-refractivity contribution >= 4 is 66.6 Å². The molecule has 1 aliphatic heterocycles. The van der Waals surface area contributed by atoms with Crippen molar-refractivity contribution in [2.75, 3.05) is 17.6 Å². The third-order valence-corrected chi connectivity index (χ3v) is 13.9. The van der Waals surface area contributed by atoms with E-state index >= 15 is 0 Å². The highest BCUT2D eigenvalue weighted by atomic mass is 31.2. The van der Waals surface area contributed by atoms with Crippen molar-refractivity contribution in [2.24, 2.45) is 0 Å². The lowest BCUT2D eigenvalue weighted by atomic mass is 10.1. The van der Waals surface area contributed by atoms with E-state index < -0.39 is 23.4 Å². The van der Waals surface area contributed by atoms with Crippen molar-refractivity contribution in [2.45, 2.75) is 6.42 Å². The normalized spacial score (nSPS) is 12.5. The molecule has 1 heterocycles. The van der Waals surface area contributed by atoms with Gasteiger partial charge in [0.2, 0.25) is 0 Å². The molecule has 0 fully saturated rings. The number of rotatable bonds is 10. The highest BCUT2D eigenvalue weighted by molar-refractivity contribution is 7.80. The summed E-state index contributed by atoms with van der Waals surface area (Å²) in [5.74, 6) is 1.58. The van der Waals surface area contributed by atoms with Gasteiger partial charge >= 0.3 is 7.60 Å². The van der Waals surface area contributed by atoms with Crippen LogP contribution in [0.2, 0.25) is 0 Å². The quantitative estimate of drug-likeness (QED) is 0.153. The van der Waals surface area contributed by atoms with Gasteiger partial charge in [-0.25, -0.2) is 0 Å². The first-order valence-corrected chi connectivity index (χ1v) is 20.0. The van der Waals surface area contributed by atoms with Crippen molar-refractivity contribution < 1.29 is 19.1 Å². The van der Waals surface area contributed by atoms with Crippen LogP contribution in [0, 0.1) is 0 Å². The number of hydrogen-bond acceptors (Lipinski definition) is 3. The fourth-order valence-corrected chi connectivity index (χ4v) is 11.4. The molecule has 8 heteroatoms. The van der Waals surface area contributed by atoms with Crippen LogP contribution in [0.5, 0.6) is 11.5 Å². The zero-order valence-electron chi connectivity index (χ0n) is 25.6. The molecular weight excluding hydrogens is 639 g/mol. The summed E-state index contributed by atoms with van der Waals surface area (Å²) in [6.07, 6.45) is 0.145. The second-order valence-corrected chi connectivity index (χ2v) is 17.4. The molecule has 0 saturated carbocycles. The average Bonchev–Trinajstić information content (AvgIpc) is 3.10. The van der Waals surface area contributed by atoms with Gasteiger partial charge in [0.1, 0.15) is 0 Å². The standard InChI is InChI=1S/C39H34NO4P3/c41-47(42,43)29-15-28-40-34-24-13-26-36(45(30-16-5-1-6-17-30)31-18-7-2-8-19-31)38(34)44-39-35(40)25-14-27-37(39)46(32-20-9-3-10-21-32)33-22-11-4-12-23-33/h1-14,16-27H,15,28-29H2,(H2,41,42,43). The molecule has 6 aromatic rings. The van der Waals surface area contributed by atoms with Crippen molar-refractivity contribution in [3.8, 4) is 11.5 Å². The molecule has 0 spiro atoms. The van der Waals surface area contributed by atoms with Crippen LogP contribution in [0.3, 0.4) is 0 Å². The van der Waals surface area contributed by atoms with Crippen molar-refractivity contribution in [1.29, 1.82) is 0 Å². The zero-order chi connectivity index (χ0) is 32.2. The largest absolute Gasteiger partial charge is 0.452 e. The predicted octanol–water partition coefficient (Wildman–Crippen LogP) is 7.01. The third kappa shape index (κ3) is 6.83. The summed E-state index contributed by atoms with van der Waals surface area (Å²) < 4.78 is 19.1. The Bertz CT molecular complexity index is 1790. The van der Waals surface area contributed by atoms with Crippen LogP contribution in [0.25, 0.3) is 0 Å². The molecule has 7 rings (SSSR count). The summed E-state index contributed by atoms with van der Waals surface area (Å²) in [7, 11) is -6.13. The van der Waals surface area contributed by atoms with Gasteiger partial charge in [-0.1, -0.05) is 133 Å². The first kappa shape index (κ1) is 31.5. The summed E-state index contributed by atoms with van der Waals surface area (Å²) in [4.78, 5) is 21.7. The molecule has 6 aromatic carbocycles. The summed E-state index contributed by atoms with van der Waals surface area (Å²) in [6, 6.07) is 54.9. The fourth-order valence-electron chi connectivity index (χ4n) is 6.08. The highest BCUT2D eigenvalue weighted by Crippen LogP contribution is 2.52. The van der Waals surface area contributed by atoms with Crippen LogP contribution in [0.4, 0.5) is 11.4 Å². The SMILES string of the molecule is O=P(O)(O)CCCN1c2cccc(P(c3ccccc3)c3ccccc3)c2Oc2c1cccc2P(c1ccccc1)c1ccccc1. The first-order chi connectivity index (χ1) is 23.0. The smallest absolute Gasteiger partial charge is 0.325 e. The van der Waals surface area contributed by atoms with Gasteiger partial charge in [0.15, 0.2) is 11.5 Å². The molecule has 0 radical (unpaired) electrons. The molecule has 0 unspecified atom stereocenters. The Balaban J connectivity index is 1.44. The average molecular weight is 674 g/mol. The molecule has 2 N–H and O–H groups in total. The van der Waals surface area contributed by atoms with E-state index in [-0.39, 0.29) is 6.16 Å². The van der Waals surface area contributed by atoms with Gasteiger partial charge in [0, 0.05) is 17.2 Å².